The van der Waals surface area contributed by atoms with Crippen molar-refractivity contribution in [2.75, 3.05) is 0 Å². The Morgan fingerprint density at radius 1 is 1.14 bits per heavy atom. The van der Waals surface area contributed by atoms with Gasteiger partial charge in [-0.15, -0.1) is 11.6 Å². The van der Waals surface area contributed by atoms with Gasteiger partial charge in [0.15, 0.2) is 5.78 Å². The molecule has 22 heavy (non-hydrogen) atoms. The highest BCUT2D eigenvalue weighted by molar-refractivity contribution is 6.36. The summed E-state index contributed by atoms with van der Waals surface area (Å²) in [6.45, 7) is 3.10. The number of Topliss-reactive ketones (excluding diaryl/α,β-unsaturated/α-hetero) is 1. The highest BCUT2D eigenvalue weighted by Gasteiger charge is 2.22. The molecule has 5 heteroatoms. The Balaban J connectivity index is 2.54. The molecule has 1 aromatic heterocycles. The maximum absolute atomic E-state index is 12.4. The minimum Gasteiger partial charge on any atom is -0.292 e. The van der Waals surface area contributed by atoms with Crippen LogP contribution >= 0.6 is 23.2 Å². The van der Waals surface area contributed by atoms with Crippen LogP contribution in [0.15, 0.2) is 36.4 Å². The predicted octanol–water partition coefficient (Wildman–Crippen LogP) is 4.92. The van der Waals surface area contributed by atoms with Crippen LogP contribution in [0.3, 0.4) is 0 Å². The fraction of sp³-hybridized carbons (Fsp3) is 0.176. The van der Waals surface area contributed by atoms with Crippen molar-refractivity contribution in [1.29, 1.82) is 0 Å². The van der Waals surface area contributed by atoms with Crippen LogP contribution in [0.1, 0.15) is 29.0 Å². The number of carbonyl (C=O) groups excluding carboxylic acids is 2. The van der Waals surface area contributed by atoms with Gasteiger partial charge in [-0.3, -0.25) is 14.2 Å². The first-order valence-electron chi connectivity index (χ1n) is 6.83. The summed E-state index contributed by atoms with van der Waals surface area (Å²) in [5.74, 6) is -0.367. The van der Waals surface area contributed by atoms with Crippen molar-refractivity contribution in [3.05, 3.63) is 47.0 Å². The van der Waals surface area contributed by atoms with Gasteiger partial charge in [0.05, 0.1) is 16.4 Å². The average molecular weight is 334 g/mol. The Kier molecular flexibility index (Phi) is 3.71. The molecule has 1 unspecified atom stereocenters. The first kappa shape index (κ1) is 15.1. The molecule has 0 fully saturated rings. The van der Waals surface area contributed by atoms with Gasteiger partial charge in [0, 0.05) is 28.3 Å². The maximum Gasteiger partial charge on any atom is 0.228 e. The molecule has 112 valence electrons. The predicted molar refractivity (Wildman–Crippen MR) is 90.4 cm³/mol. The molecular weight excluding hydrogens is 321 g/mol. The van der Waals surface area contributed by atoms with E-state index in [4.69, 9.17) is 23.2 Å². The van der Waals surface area contributed by atoms with Crippen LogP contribution in [0.5, 0.6) is 0 Å². The standard InChI is InChI=1S/C17H13Cl2NO2/c1-9(18)17(22)13-5-3-4-12-14-8-11(19)6-7-15(14)20(10(2)21)16(12)13/h3-9H,1-2H3. The van der Waals surface area contributed by atoms with E-state index in [-0.39, 0.29) is 11.7 Å². The second-order valence-corrected chi connectivity index (χ2v) is 6.29. The molecular formula is C17H13Cl2NO2. The highest BCUT2D eigenvalue weighted by atomic mass is 35.5. The first-order valence-corrected chi connectivity index (χ1v) is 7.65. The lowest BCUT2D eigenvalue weighted by Gasteiger charge is -2.08. The number of carbonyl (C=O) groups is 2. The van der Waals surface area contributed by atoms with E-state index < -0.39 is 5.38 Å². The normalized spacial score (nSPS) is 12.7. The topological polar surface area (TPSA) is 39.1 Å². The number of nitrogens with zero attached hydrogens (tertiary/aromatic N) is 1. The number of hydrogen-bond donors (Lipinski definition) is 0. The molecule has 0 aliphatic carbocycles. The van der Waals surface area contributed by atoms with E-state index in [1.54, 1.807) is 41.8 Å². The number of halogens is 2. The van der Waals surface area contributed by atoms with Crippen LogP contribution in [0.4, 0.5) is 0 Å². The van der Waals surface area contributed by atoms with Gasteiger partial charge in [-0.2, -0.15) is 0 Å². The van der Waals surface area contributed by atoms with E-state index in [2.05, 4.69) is 0 Å². The molecule has 2 aromatic carbocycles. The van der Waals surface area contributed by atoms with Gasteiger partial charge in [-0.05, 0) is 31.2 Å². The third-order valence-electron chi connectivity index (χ3n) is 3.69. The van der Waals surface area contributed by atoms with Crippen molar-refractivity contribution in [1.82, 2.24) is 4.57 Å². The van der Waals surface area contributed by atoms with Crippen LogP contribution < -0.4 is 0 Å². The quantitative estimate of drug-likeness (QED) is 0.493. The third kappa shape index (κ3) is 2.21. The van der Waals surface area contributed by atoms with Gasteiger partial charge in [-0.25, -0.2) is 0 Å². The largest absolute Gasteiger partial charge is 0.292 e. The lowest BCUT2D eigenvalue weighted by molar-refractivity contribution is 0.0946. The summed E-state index contributed by atoms with van der Waals surface area (Å²) in [7, 11) is 0. The Bertz CT molecular complexity index is 925. The van der Waals surface area contributed by atoms with Gasteiger partial charge < -0.3 is 0 Å². The summed E-state index contributed by atoms with van der Waals surface area (Å²) in [4.78, 5) is 24.5. The van der Waals surface area contributed by atoms with Crippen molar-refractivity contribution >= 4 is 56.7 Å². The second-order valence-electron chi connectivity index (χ2n) is 5.20. The maximum atomic E-state index is 12.4. The number of alkyl halides is 1. The first-order chi connectivity index (χ1) is 10.4. The van der Waals surface area contributed by atoms with Crippen LogP contribution in [0.25, 0.3) is 21.8 Å². The highest BCUT2D eigenvalue weighted by Crippen LogP contribution is 2.33. The number of hydrogen-bond acceptors (Lipinski definition) is 2. The van der Waals surface area contributed by atoms with E-state index in [1.807, 2.05) is 6.07 Å². The number of fused-ring (bicyclic) bond motifs is 3. The molecule has 0 spiro atoms. The van der Waals surface area contributed by atoms with E-state index in [9.17, 15) is 9.59 Å². The number of aromatic nitrogens is 1. The van der Waals surface area contributed by atoms with Gasteiger partial charge >= 0.3 is 0 Å². The third-order valence-corrected chi connectivity index (χ3v) is 4.12. The molecule has 0 amide bonds. The van der Waals surface area contributed by atoms with E-state index in [1.165, 1.54) is 6.92 Å². The molecule has 0 N–H and O–H groups in total. The van der Waals surface area contributed by atoms with Gasteiger partial charge in [0.1, 0.15) is 0 Å². The van der Waals surface area contributed by atoms with Crippen molar-refractivity contribution in [3.8, 4) is 0 Å². The van der Waals surface area contributed by atoms with Gasteiger partial charge in [0.25, 0.3) is 0 Å². The van der Waals surface area contributed by atoms with E-state index >= 15 is 0 Å². The van der Waals surface area contributed by atoms with Crippen molar-refractivity contribution in [2.45, 2.75) is 19.2 Å². The van der Waals surface area contributed by atoms with Crippen LogP contribution in [-0.2, 0) is 0 Å². The van der Waals surface area contributed by atoms with Gasteiger partial charge in [0.2, 0.25) is 5.91 Å². The fourth-order valence-corrected chi connectivity index (χ4v) is 3.07. The SMILES string of the molecule is CC(=O)n1c2ccc(Cl)cc2c2cccc(C(=O)C(C)Cl)c21. The molecule has 3 nitrogen and oxygen atoms in total. The summed E-state index contributed by atoms with van der Waals surface area (Å²) in [5.41, 5.74) is 1.77. The zero-order valence-corrected chi connectivity index (χ0v) is 13.6. The number of ketones is 1. The molecule has 0 saturated carbocycles. The van der Waals surface area contributed by atoms with E-state index in [0.29, 0.717) is 16.1 Å². The van der Waals surface area contributed by atoms with E-state index in [0.717, 1.165) is 16.3 Å². The molecule has 0 radical (unpaired) electrons. The van der Waals surface area contributed by atoms with Crippen molar-refractivity contribution < 1.29 is 9.59 Å². The number of benzene rings is 2. The van der Waals surface area contributed by atoms with Crippen molar-refractivity contribution in [2.24, 2.45) is 0 Å². The summed E-state index contributed by atoms with van der Waals surface area (Å²) >= 11 is 12.0. The molecule has 1 atom stereocenters. The Morgan fingerprint density at radius 3 is 2.50 bits per heavy atom. The van der Waals surface area contributed by atoms with Crippen molar-refractivity contribution in [3.63, 3.8) is 0 Å². The molecule has 0 aliphatic rings. The average Bonchev–Trinajstić information content (AvgIpc) is 2.80. The van der Waals surface area contributed by atoms with Crippen LogP contribution in [0, 0.1) is 0 Å². The minimum atomic E-state index is -0.660. The lowest BCUT2D eigenvalue weighted by Crippen LogP contribution is -2.14. The smallest absolute Gasteiger partial charge is 0.228 e. The molecule has 3 rings (SSSR count). The zero-order valence-electron chi connectivity index (χ0n) is 12.1. The van der Waals surface area contributed by atoms with Crippen LogP contribution in [0.2, 0.25) is 5.02 Å². The summed E-state index contributed by atoms with van der Waals surface area (Å²) < 4.78 is 1.55. The van der Waals surface area contributed by atoms with Crippen LogP contribution in [-0.4, -0.2) is 21.6 Å². The monoisotopic (exact) mass is 333 g/mol. The Morgan fingerprint density at radius 2 is 1.86 bits per heavy atom. The Hall–Kier alpha value is -1.84. The molecule has 0 aliphatic heterocycles. The molecule has 3 aromatic rings. The van der Waals surface area contributed by atoms with Gasteiger partial charge in [-0.1, -0.05) is 23.7 Å². The summed E-state index contributed by atoms with van der Waals surface area (Å²) in [5, 5.41) is 1.58. The Labute approximate surface area is 137 Å². The number of rotatable bonds is 2. The molecule has 0 saturated heterocycles. The molecule has 0 bridgehead atoms. The zero-order chi connectivity index (χ0) is 16.0. The molecule has 1 heterocycles. The summed E-state index contributed by atoms with van der Waals surface area (Å²) in [6, 6.07) is 10.7. The number of para-hydroxylation sites is 1. The second kappa shape index (κ2) is 5.41. The fourth-order valence-electron chi connectivity index (χ4n) is 2.78. The minimum absolute atomic E-state index is 0.162. The summed E-state index contributed by atoms with van der Waals surface area (Å²) in [6.07, 6.45) is 0. The lowest BCUT2D eigenvalue weighted by atomic mass is 10.0.